The van der Waals surface area contributed by atoms with Crippen LogP contribution in [0.2, 0.25) is 0 Å². The zero-order chi connectivity index (χ0) is 17.1. The molecular formula is C19H31NO2. The second-order valence-corrected chi connectivity index (χ2v) is 8.30. The molecule has 1 atom stereocenters. The predicted molar refractivity (Wildman–Crippen MR) is 92.4 cm³/mol. The Kier molecular flexibility index (Phi) is 5.80. The summed E-state index contributed by atoms with van der Waals surface area (Å²) in [4.78, 5) is 12.4. The van der Waals surface area contributed by atoms with Gasteiger partial charge in [0.15, 0.2) is 0 Å². The second kappa shape index (κ2) is 6.82. The highest BCUT2D eigenvalue weighted by molar-refractivity contribution is 5.94. The molecule has 0 saturated heterocycles. The third-order valence-electron chi connectivity index (χ3n) is 3.85. The third-order valence-corrected chi connectivity index (χ3v) is 3.85. The van der Waals surface area contributed by atoms with Crippen LogP contribution in [0.25, 0.3) is 0 Å². The summed E-state index contributed by atoms with van der Waals surface area (Å²) < 4.78 is 0. The van der Waals surface area contributed by atoms with E-state index in [4.69, 9.17) is 5.11 Å². The van der Waals surface area contributed by atoms with Crippen molar-refractivity contribution >= 4 is 5.91 Å². The maximum Gasteiger partial charge on any atom is 0.251 e. The minimum absolute atomic E-state index is 0.00528. The summed E-state index contributed by atoms with van der Waals surface area (Å²) in [6.45, 7) is 15.4. The zero-order valence-electron chi connectivity index (χ0n) is 15.1. The number of carbonyl (C=O) groups is 1. The van der Waals surface area contributed by atoms with E-state index < -0.39 is 0 Å². The SMILES string of the molecule is CC(CO)CNC(=O)c1cc(C(C)(C)C)cc(C(C)(C)C)c1. The Morgan fingerprint density at radius 2 is 1.50 bits per heavy atom. The van der Waals surface area contributed by atoms with Crippen molar-refractivity contribution in [3.63, 3.8) is 0 Å². The van der Waals surface area contributed by atoms with Gasteiger partial charge in [0.1, 0.15) is 0 Å². The van der Waals surface area contributed by atoms with E-state index in [1.165, 1.54) is 11.1 Å². The molecule has 0 aliphatic heterocycles. The van der Waals surface area contributed by atoms with Gasteiger partial charge in [-0.25, -0.2) is 0 Å². The van der Waals surface area contributed by atoms with Crippen LogP contribution in [0.15, 0.2) is 18.2 Å². The summed E-state index contributed by atoms with van der Waals surface area (Å²) in [7, 11) is 0. The predicted octanol–water partition coefficient (Wildman–Crippen LogP) is 3.64. The van der Waals surface area contributed by atoms with Crippen molar-refractivity contribution in [3.05, 3.63) is 34.9 Å². The van der Waals surface area contributed by atoms with Crippen LogP contribution in [-0.4, -0.2) is 24.2 Å². The summed E-state index contributed by atoms with van der Waals surface area (Å²) in [6, 6.07) is 6.16. The van der Waals surface area contributed by atoms with Crippen molar-refractivity contribution in [1.29, 1.82) is 0 Å². The maximum absolute atomic E-state index is 12.4. The molecule has 0 aliphatic rings. The van der Waals surface area contributed by atoms with Gasteiger partial charge in [-0.15, -0.1) is 0 Å². The van der Waals surface area contributed by atoms with Crippen molar-refractivity contribution in [2.45, 2.75) is 59.3 Å². The number of aliphatic hydroxyl groups excluding tert-OH is 1. The highest BCUT2D eigenvalue weighted by Gasteiger charge is 2.22. The maximum atomic E-state index is 12.4. The number of nitrogens with one attached hydrogen (secondary N) is 1. The molecule has 0 aromatic heterocycles. The van der Waals surface area contributed by atoms with Crippen molar-refractivity contribution in [2.75, 3.05) is 13.2 Å². The monoisotopic (exact) mass is 305 g/mol. The second-order valence-electron chi connectivity index (χ2n) is 8.30. The molecule has 22 heavy (non-hydrogen) atoms. The first-order valence-electron chi connectivity index (χ1n) is 8.00. The summed E-state index contributed by atoms with van der Waals surface area (Å²) in [5.41, 5.74) is 3.02. The molecule has 2 N–H and O–H groups in total. The van der Waals surface area contributed by atoms with Crippen molar-refractivity contribution < 1.29 is 9.90 Å². The van der Waals surface area contributed by atoms with Crippen LogP contribution in [-0.2, 0) is 10.8 Å². The van der Waals surface area contributed by atoms with E-state index in [1.54, 1.807) is 0 Å². The Balaban J connectivity index is 3.16. The van der Waals surface area contributed by atoms with E-state index in [2.05, 4.69) is 52.9 Å². The van der Waals surface area contributed by atoms with E-state index in [9.17, 15) is 4.79 Å². The molecule has 1 aromatic carbocycles. The van der Waals surface area contributed by atoms with Crippen LogP contribution in [0.1, 0.15) is 70.0 Å². The first kappa shape index (κ1) is 18.7. The first-order valence-corrected chi connectivity index (χ1v) is 8.00. The standard InChI is InChI=1S/C19H31NO2/c1-13(12-21)11-20-17(22)14-8-15(18(2,3)4)10-16(9-14)19(5,6)7/h8-10,13,21H,11-12H2,1-7H3,(H,20,22). The zero-order valence-corrected chi connectivity index (χ0v) is 15.1. The van der Waals surface area contributed by atoms with Gasteiger partial charge in [-0.3, -0.25) is 4.79 Å². The molecule has 124 valence electrons. The lowest BCUT2D eigenvalue weighted by Crippen LogP contribution is -2.30. The van der Waals surface area contributed by atoms with Gasteiger partial charge in [0.25, 0.3) is 5.91 Å². The van der Waals surface area contributed by atoms with Gasteiger partial charge in [0, 0.05) is 18.7 Å². The molecule has 1 aromatic rings. The smallest absolute Gasteiger partial charge is 0.251 e. The molecule has 0 spiro atoms. The van der Waals surface area contributed by atoms with Crippen molar-refractivity contribution in [2.24, 2.45) is 5.92 Å². The molecule has 3 nitrogen and oxygen atoms in total. The molecule has 3 heteroatoms. The largest absolute Gasteiger partial charge is 0.396 e. The van der Waals surface area contributed by atoms with E-state index in [-0.39, 0.29) is 29.3 Å². The fourth-order valence-corrected chi connectivity index (χ4v) is 2.06. The van der Waals surface area contributed by atoms with Gasteiger partial charge in [-0.2, -0.15) is 0 Å². The Morgan fingerprint density at radius 3 is 1.86 bits per heavy atom. The number of hydrogen-bond donors (Lipinski definition) is 2. The molecule has 0 radical (unpaired) electrons. The summed E-state index contributed by atoms with van der Waals surface area (Å²) in [5, 5.41) is 12.0. The lowest BCUT2D eigenvalue weighted by Gasteiger charge is -2.26. The van der Waals surface area contributed by atoms with E-state index in [0.717, 1.165) is 0 Å². The highest BCUT2D eigenvalue weighted by Crippen LogP contribution is 2.30. The molecular weight excluding hydrogens is 274 g/mol. The van der Waals surface area contributed by atoms with Gasteiger partial charge < -0.3 is 10.4 Å². The number of hydrogen-bond acceptors (Lipinski definition) is 2. The number of rotatable bonds is 4. The van der Waals surface area contributed by atoms with Crippen LogP contribution in [0.5, 0.6) is 0 Å². The van der Waals surface area contributed by atoms with Crippen LogP contribution in [0.3, 0.4) is 0 Å². The Bertz CT molecular complexity index is 489. The molecule has 1 rings (SSSR count). The van der Waals surface area contributed by atoms with Gasteiger partial charge >= 0.3 is 0 Å². The van der Waals surface area contributed by atoms with E-state index in [0.29, 0.717) is 12.1 Å². The quantitative estimate of drug-likeness (QED) is 0.892. The number of benzene rings is 1. The first-order chi connectivity index (χ1) is 9.95. The van der Waals surface area contributed by atoms with Crippen molar-refractivity contribution in [1.82, 2.24) is 5.32 Å². The summed E-state index contributed by atoms with van der Waals surface area (Å²) in [6.07, 6.45) is 0. The van der Waals surface area contributed by atoms with Gasteiger partial charge in [-0.1, -0.05) is 54.5 Å². The van der Waals surface area contributed by atoms with Gasteiger partial charge in [-0.05, 0) is 40.0 Å². The molecule has 0 heterocycles. The molecule has 0 saturated carbocycles. The lowest BCUT2D eigenvalue weighted by atomic mass is 9.79. The van der Waals surface area contributed by atoms with Crippen LogP contribution >= 0.6 is 0 Å². The highest BCUT2D eigenvalue weighted by atomic mass is 16.3. The lowest BCUT2D eigenvalue weighted by molar-refractivity contribution is 0.0942. The summed E-state index contributed by atoms with van der Waals surface area (Å²) in [5.74, 6) is -0.00580. The minimum atomic E-state index is -0.0723. The molecule has 1 unspecified atom stereocenters. The average Bonchev–Trinajstić information content (AvgIpc) is 2.41. The van der Waals surface area contributed by atoms with Crippen LogP contribution in [0.4, 0.5) is 0 Å². The molecule has 0 bridgehead atoms. The number of aliphatic hydroxyl groups is 1. The van der Waals surface area contributed by atoms with Crippen LogP contribution < -0.4 is 5.32 Å². The topological polar surface area (TPSA) is 49.3 Å². The Labute approximate surface area is 135 Å². The van der Waals surface area contributed by atoms with Gasteiger partial charge in [0.05, 0.1) is 0 Å². The molecule has 0 fully saturated rings. The van der Waals surface area contributed by atoms with Crippen LogP contribution in [0, 0.1) is 5.92 Å². The van der Waals surface area contributed by atoms with E-state index >= 15 is 0 Å². The molecule has 1 amide bonds. The Hall–Kier alpha value is -1.35. The summed E-state index contributed by atoms with van der Waals surface area (Å²) >= 11 is 0. The van der Waals surface area contributed by atoms with Gasteiger partial charge in [0.2, 0.25) is 0 Å². The fraction of sp³-hybridized carbons (Fsp3) is 0.632. The fourth-order valence-electron chi connectivity index (χ4n) is 2.06. The third kappa shape index (κ3) is 5.13. The number of amides is 1. The minimum Gasteiger partial charge on any atom is -0.396 e. The average molecular weight is 305 g/mol. The number of carbonyl (C=O) groups excluding carboxylic acids is 1. The Morgan fingerprint density at radius 1 is 1.05 bits per heavy atom. The normalized spacial score (nSPS) is 13.8. The molecule has 0 aliphatic carbocycles. The van der Waals surface area contributed by atoms with E-state index in [1.807, 2.05) is 19.1 Å². The van der Waals surface area contributed by atoms with Crippen molar-refractivity contribution in [3.8, 4) is 0 Å².